The average molecular weight is 297 g/mol. The molecule has 3 rings (SSSR count). The number of aromatic amines is 1. The van der Waals surface area contributed by atoms with Crippen LogP contribution in [0, 0.1) is 0 Å². The van der Waals surface area contributed by atoms with Crippen molar-refractivity contribution >= 4 is 16.6 Å². The summed E-state index contributed by atoms with van der Waals surface area (Å²) in [4.78, 5) is 7.27. The Morgan fingerprint density at radius 2 is 1.77 bits per heavy atom. The van der Waals surface area contributed by atoms with Crippen LogP contribution in [0.25, 0.3) is 10.9 Å². The summed E-state index contributed by atoms with van der Waals surface area (Å²) in [5.41, 5.74) is 5.62. The van der Waals surface area contributed by atoms with Crippen LogP contribution in [0.4, 0.5) is 0 Å². The molecule has 1 aromatic carbocycles. The molecule has 0 atom stereocenters. The van der Waals surface area contributed by atoms with Gasteiger partial charge in [0.1, 0.15) is 12.2 Å². The van der Waals surface area contributed by atoms with Gasteiger partial charge in [0.05, 0.1) is 0 Å². The number of benzene rings is 1. The van der Waals surface area contributed by atoms with Crippen molar-refractivity contribution in [1.82, 2.24) is 4.98 Å². The molecule has 0 bridgehead atoms. The summed E-state index contributed by atoms with van der Waals surface area (Å²) in [7, 11) is 0. The molecule has 0 saturated heterocycles. The first-order valence-corrected chi connectivity index (χ1v) is 9.10. The Balaban J connectivity index is 1.56. The van der Waals surface area contributed by atoms with E-state index in [1.165, 1.54) is 79.2 Å². The fraction of sp³-hybridized carbons (Fsp3) is 0.550. The van der Waals surface area contributed by atoms with E-state index in [4.69, 9.17) is 0 Å². The predicted octanol–water partition coefficient (Wildman–Crippen LogP) is 3.73. The number of rotatable bonds is 8. The van der Waals surface area contributed by atoms with E-state index >= 15 is 0 Å². The quantitative estimate of drug-likeness (QED) is 0.695. The molecule has 1 aliphatic heterocycles. The number of H-pyrrole nitrogens is 1. The zero-order valence-electron chi connectivity index (χ0n) is 13.9. The molecule has 2 aromatic rings. The Bertz CT molecular complexity index is 636. The molecule has 2 heteroatoms. The van der Waals surface area contributed by atoms with Gasteiger partial charge in [0, 0.05) is 23.7 Å². The molecule has 0 fully saturated rings. The number of unbranched alkanes of at least 4 members (excludes halogenated alkanes) is 6. The lowest BCUT2D eigenvalue weighted by molar-refractivity contribution is -0.459. The third-order valence-corrected chi connectivity index (χ3v) is 4.86. The molecule has 2 heterocycles. The van der Waals surface area contributed by atoms with E-state index in [9.17, 15) is 0 Å². The molecule has 22 heavy (non-hydrogen) atoms. The fourth-order valence-electron chi connectivity index (χ4n) is 3.62. The fourth-order valence-corrected chi connectivity index (χ4v) is 3.62. The van der Waals surface area contributed by atoms with Crippen molar-refractivity contribution in [2.75, 3.05) is 6.54 Å². The number of fused-ring (bicyclic) bond motifs is 3. The number of aromatic nitrogens is 1. The smallest absolute Gasteiger partial charge is 0.198 e. The minimum atomic E-state index is 1.08. The third kappa shape index (κ3) is 3.43. The first kappa shape index (κ1) is 15.3. The van der Waals surface area contributed by atoms with Gasteiger partial charge in [-0.05, 0) is 18.1 Å². The molecule has 2 nitrogen and oxygen atoms in total. The van der Waals surface area contributed by atoms with E-state index in [0.717, 1.165) is 13.0 Å². The molecular weight excluding hydrogens is 268 g/mol. The van der Waals surface area contributed by atoms with Gasteiger partial charge in [-0.15, -0.1) is 0 Å². The SMILES string of the molecule is CCCCCCCCCC1=[NH+]CCc2c1[nH]c1ccccc21. The molecule has 118 valence electrons. The van der Waals surface area contributed by atoms with E-state index in [0.29, 0.717) is 0 Å². The summed E-state index contributed by atoms with van der Waals surface area (Å²) in [6.45, 7) is 3.37. The maximum Gasteiger partial charge on any atom is 0.198 e. The van der Waals surface area contributed by atoms with Crippen LogP contribution in [0.5, 0.6) is 0 Å². The highest BCUT2D eigenvalue weighted by Crippen LogP contribution is 2.24. The Kier molecular flexibility index (Phi) is 5.31. The van der Waals surface area contributed by atoms with Crippen LogP contribution in [0.15, 0.2) is 24.3 Å². The molecule has 0 aliphatic carbocycles. The minimum Gasteiger partial charge on any atom is -0.350 e. The van der Waals surface area contributed by atoms with Crippen molar-refractivity contribution in [2.45, 2.75) is 64.7 Å². The third-order valence-electron chi connectivity index (χ3n) is 4.86. The number of nitrogens with one attached hydrogen (secondary N) is 2. The molecule has 2 N–H and O–H groups in total. The summed E-state index contributed by atoms with van der Waals surface area (Å²) >= 11 is 0. The maximum absolute atomic E-state index is 3.64. The monoisotopic (exact) mass is 297 g/mol. The Morgan fingerprint density at radius 1 is 1.00 bits per heavy atom. The zero-order chi connectivity index (χ0) is 15.2. The van der Waals surface area contributed by atoms with Gasteiger partial charge in [-0.1, -0.05) is 63.6 Å². The second-order valence-corrected chi connectivity index (χ2v) is 6.55. The van der Waals surface area contributed by atoms with Gasteiger partial charge in [0.15, 0.2) is 5.71 Å². The van der Waals surface area contributed by atoms with Gasteiger partial charge in [-0.3, -0.25) is 0 Å². The summed E-state index contributed by atoms with van der Waals surface area (Å²) in [6.07, 6.45) is 12.0. The van der Waals surface area contributed by atoms with Gasteiger partial charge in [-0.25, -0.2) is 4.99 Å². The van der Waals surface area contributed by atoms with Crippen LogP contribution in [-0.4, -0.2) is 17.2 Å². The van der Waals surface area contributed by atoms with E-state index in [1.54, 1.807) is 0 Å². The lowest BCUT2D eigenvalue weighted by atomic mass is 9.98. The highest BCUT2D eigenvalue weighted by molar-refractivity contribution is 6.02. The molecule has 0 unspecified atom stereocenters. The van der Waals surface area contributed by atoms with Crippen molar-refractivity contribution in [3.8, 4) is 0 Å². The largest absolute Gasteiger partial charge is 0.350 e. The Labute approximate surface area is 134 Å². The number of para-hydroxylation sites is 1. The summed E-state index contributed by atoms with van der Waals surface area (Å²) in [5.74, 6) is 0. The molecule has 0 saturated carbocycles. The highest BCUT2D eigenvalue weighted by atomic mass is 14.8. The predicted molar refractivity (Wildman–Crippen MR) is 94.6 cm³/mol. The summed E-state index contributed by atoms with van der Waals surface area (Å²) in [5, 5.41) is 1.41. The van der Waals surface area contributed by atoms with E-state index in [-0.39, 0.29) is 0 Å². The zero-order valence-corrected chi connectivity index (χ0v) is 13.9. The van der Waals surface area contributed by atoms with Crippen molar-refractivity contribution in [3.05, 3.63) is 35.5 Å². The normalized spacial score (nSPS) is 14.1. The topological polar surface area (TPSA) is 29.8 Å². The van der Waals surface area contributed by atoms with E-state index in [1.807, 2.05) is 0 Å². The van der Waals surface area contributed by atoms with E-state index < -0.39 is 0 Å². The average Bonchev–Trinajstić information content (AvgIpc) is 2.93. The maximum atomic E-state index is 3.64. The van der Waals surface area contributed by atoms with Gasteiger partial charge in [0.25, 0.3) is 0 Å². The molecular formula is C20H29N2+. The lowest BCUT2D eigenvalue weighted by Gasteiger charge is -2.08. The van der Waals surface area contributed by atoms with Crippen molar-refractivity contribution in [1.29, 1.82) is 0 Å². The van der Waals surface area contributed by atoms with Crippen LogP contribution in [0.1, 0.15) is 69.5 Å². The van der Waals surface area contributed by atoms with Gasteiger partial charge in [0.2, 0.25) is 0 Å². The molecule has 0 amide bonds. The molecule has 1 aromatic heterocycles. The molecule has 0 spiro atoms. The van der Waals surface area contributed by atoms with Crippen LogP contribution in [0.2, 0.25) is 0 Å². The number of hydrogen-bond donors (Lipinski definition) is 2. The van der Waals surface area contributed by atoms with Gasteiger partial charge >= 0.3 is 0 Å². The first-order chi connectivity index (χ1) is 10.9. The number of hydrogen-bond acceptors (Lipinski definition) is 0. The van der Waals surface area contributed by atoms with Crippen molar-refractivity contribution in [3.63, 3.8) is 0 Å². The summed E-state index contributed by atoms with van der Waals surface area (Å²) < 4.78 is 0. The lowest BCUT2D eigenvalue weighted by Crippen LogP contribution is -2.75. The van der Waals surface area contributed by atoms with Crippen LogP contribution in [-0.2, 0) is 6.42 Å². The minimum absolute atomic E-state index is 1.08. The Hall–Kier alpha value is -1.57. The molecule has 1 aliphatic rings. The van der Waals surface area contributed by atoms with Crippen molar-refractivity contribution in [2.24, 2.45) is 0 Å². The standard InChI is InChI=1S/C20H28N2/c1-2-3-4-5-6-7-8-13-19-20-17(14-15-21-19)16-11-9-10-12-18(16)22-20/h9-12,22H,2-8,13-15H2,1H3/p+1. The van der Waals surface area contributed by atoms with E-state index in [2.05, 4.69) is 41.2 Å². The Morgan fingerprint density at radius 3 is 2.64 bits per heavy atom. The van der Waals surface area contributed by atoms with Gasteiger partial charge < -0.3 is 4.98 Å². The van der Waals surface area contributed by atoms with Crippen molar-refractivity contribution < 1.29 is 4.99 Å². The van der Waals surface area contributed by atoms with Crippen LogP contribution >= 0.6 is 0 Å². The second-order valence-electron chi connectivity index (χ2n) is 6.55. The molecule has 0 radical (unpaired) electrons. The van der Waals surface area contributed by atoms with Crippen LogP contribution < -0.4 is 4.99 Å². The van der Waals surface area contributed by atoms with Gasteiger partial charge in [-0.2, -0.15) is 0 Å². The summed E-state index contributed by atoms with van der Waals surface area (Å²) in [6, 6.07) is 8.71. The first-order valence-electron chi connectivity index (χ1n) is 9.10. The highest BCUT2D eigenvalue weighted by Gasteiger charge is 2.23. The second kappa shape index (κ2) is 7.62. The van der Waals surface area contributed by atoms with Crippen LogP contribution in [0.3, 0.4) is 0 Å².